The second-order valence-electron chi connectivity index (χ2n) is 7.59. The van der Waals surface area contributed by atoms with Gasteiger partial charge in [-0.2, -0.15) is 18.3 Å². The third-order valence-electron chi connectivity index (χ3n) is 5.20. The molecule has 0 saturated heterocycles. The smallest absolute Gasteiger partial charge is 0.305 e. The summed E-state index contributed by atoms with van der Waals surface area (Å²) in [5.41, 5.74) is 0.248. The van der Waals surface area contributed by atoms with E-state index in [0.717, 1.165) is 12.1 Å². The molecular weight excluding hydrogens is 533 g/mol. The molecule has 14 heteroatoms. The molecule has 9 nitrogen and oxygen atoms in total. The number of carbonyl (C=O) groups is 1. The van der Waals surface area contributed by atoms with E-state index in [-0.39, 0.29) is 27.2 Å². The molecule has 0 unspecified atom stereocenters. The molecule has 1 N–H and O–H groups in total. The number of benzene rings is 2. The molecule has 3 aromatic heterocycles. The fourth-order valence-corrected chi connectivity index (χ4v) is 4.27. The number of nitrogens with zero attached hydrogens (tertiary/aromatic N) is 5. The summed E-state index contributed by atoms with van der Waals surface area (Å²) in [6.45, 7) is 0. The SMILES string of the molecule is O=C(Nc1nc(-c2ccc(Cl)cc2)nc2c1cnn2-c1ccc(C(F)(F)F)cc1)c1ccc([N+](=O)[O-])s1. The van der Waals surface area contributed by atoms with Crippen LogP contribution in [0.2, 0.25) is 5.02 Å². The summed E-state index contributed by atoms with van der Waals surface area (Å²) in [7, 11) is 0. The lowest BCUT2D eigenvalue weighted by atomic mass is 10.2. The molecule has 0 aliphatic carbocycles. The van der Waals surface area contributed by atoms with Crippen LogP contribution in [0.4, 0.5) is 24.0 Å². The van der Waals surface area contributed by atoms with Gasteiger partial charge in [-0.05, 0) is 54.6 Å². The lowest BCUT2D eigenvalue weighted by molar-refractivity contribution is -0.380. The van der Waals surface area contributed by atoms with E-state index in [0.29, 0.717) is 33.0 Å². The topological polar surface area (TPSA) is 116 Å². The molecule has 3 heterocycles. The number of aromatic nitrogens is 4. The Balaban J connectivity index is 1.61. The number of hydrogen-bond donors (Lipinski definition) is 1. The van der Waals surface area contributed by atoms with Gasteiger partial charge in [0.1, 0.15) is 5.82 Å². The molecule has 0 atom stereocenters. The van der Waals surface area contributed by atoms with E-state index in [1.165, 1.54) is 35.1 Å². The zero-order chi connectivity index (χ0) is 26.3. The Bertz CT molecular complexity index is 1650. The maximum Gasteiger partial charge on any atom is 0.416 e. The summed E-state index contributed by atoms with van der Waals surface area (Å²) in [5.74, 6) is -0.387. The molecule has 2 aromatic carbocycles. The van der Waals surface area contributed by atoms with Gasteiger partial charge in [-0.25, -0.2) is 14.6 Å². The number of nitro groups is 1. The average Bonchev–Trinajstić information content (AvgIpc) is 3.52. The van der Waals surface area contributed by atoms with Gasteiger partial charge in [-0.15, -0.1) is 0 Å². The molecule has 0 aliphatic rings. The number of fused-ring (bicyclic) bond motifs is 1. The number of hydrogen-bond acceptors (Lipinski definition) is 7. The third kappa shape index (κ3) is 4.86. The van der Waals surface area contributed by atoms with Crippen LogP contribution in [0.25, 0.3) is 28.1 Å². The van der Waals surface area contributed by atoms with E-state index in [2.05, 4.69) is 20.4 Å². The fourth-order valence-electron chi connectivity index (χ4n) is 3.43. The van der Waals surface area contributed by atoms with Gasteiger partial charge in [0.25, 0.3) is 5.91 Å². The second-order valence-corrected chi connectivity index (χ2v) is 9.09. The van der Waals surface area contributed by atoms with E-state index in [1.54, 1.807) is 24.3 Å². The fraction of sp³-hybridized carbons (Fsp3) is 0.0435. The quantitative estimate of drug-likeness (QED) is 0.203. The molecule has 5 rings (SSSR count). The highest BCUT2D eigenvalue weighted by molar-refractivity contribution is 7.17. The molecular formula is C23H12ClF3N6O3S. The summed E-state index contributed by atoms with van der Waals surface area (Å²) < 4.78 is 40.4. The zero-order valence-electron chi connectivity index (χ0n) is 18.2. The Morgan fingerprint density at radius 3 is 2.35 bits per heavy atom. The minimum Gasteiger partial charge on any atom is -0.305 e. The van der Waals surface area contributed by atoms with Crippen molar-refractivity contribution in [2.24, 2.45) is 0 Å². The molecule has 0 aliphatic heterocycles. The van der Waals surface area contributed by atoms with Crippen molar-refractivity contribution in [2.45, 2.75) is 6.18 Å². The van der Waals surface area contributed by atoms with Crippen LogP contribution in [-0.2, 0) is 6.18 Å². The lowest BCUT2D eigenvalue weighted by Gasteiger charge is -2.10. The molecule has 5 aromatic rings. The van der Waals surface area contributed by atoms with Crippen molar-refractivity contribution < 1.29 is 22.9 Å². The Kier molecular flexibility index (Phi) is 6.09. The standard InChI is InChI=1S/C23H12ClF3N6O3S/c24-14-5-1-12(2-6-14)19-29-20(31-22(34)17-9-10-18(37-17)33(35)36)16-11-28-32(21(16)30-19)15-7-3-13(4-8-15)23(25,26)27/h1-11H,(H,29,30,31,34). The average molecular weight is 545 g/mol. The summed E-state index contributed by atoms with van der Waals surface area (Å²) in [6, 6.07) is 13.5. The van der Waals surface area contributed by atoms with Gasteiger partial charge in [-0.1, -0.05) is 22.9 Å². The van der Waals surface area contributed by atoms with Crippen LogP contribution in [0, 0.1) is 10.1 Å². The van der Waals surface area contributed by atoms with E-state index in [4.69, 9.17) is 11.6 Å². The number of anilines is 1. The number of nitrogens with one attached hydrogen (secondary N) is 1. The van der Waals surface area contributed by atoms with Crippen molar-refractivity contribution in [1.29, 1.82) is 0 Å². The largest absolute Gasteiger partial charge is 0.416 e. The highest BCUT2D eigenvalue weighted by Gasteiger charge is 2.30. The predicted molar refractivity (Wildman–Crippen MR) is 131 cm³/mol. The van der Waals surface area contributed by atoms with Crippen molar-refractivity contribution in [2.75, 3.05) is 5.32 Å². The minimum atomic E-state index is -4.50. The number of thiophene rings is 1. The first-order chi connectivity index (χ1) is 17.6. The van der Waals surface area contributed by atoms with E-state index >= 15 is 0 Å². The highest BCUT2D eigenvalue weighted by Crippen LogP contribution is 2.32. The van der Waals surface area contributed by atoms with Crippen molar-refractivity contribution in [3.05, 3.63) is 92.4 Å². The normalized spacial score (nSPS) is 11.6. The van der Waals surface area contributed by atoms with Crippen LogP contribution in [-0.4, -0.2) is 30.6 Å². The van der Waals surface area contributed by atoms with Crippen molar-refractivity contribution in [3.63, 3.8) is 0 Å². The monoisotopic (exact) mass is 544 g/mol. The second kappa shape index (κ2) is 9.26. The number of rotatable bonds is 5. The van der Waals surface area contributed by atoms with Crippen LogP contribution < -0.4 is 5.32 Å². The van der Waals surface area contributed by atoms with Gasteiger partial charge in [0.05, 0.1) is 32.6 Å². The van der Waals surface area contributed by atoms with E-state index in [1.807, 2.05) is 0 Å². The third-order valence-corrected chi connectivity index (χ3v) is 6.49. The summed E-state index contributed by atoms with van der Waals surface area (Å²) in [5, 5.41) is 18.5. The lowest BCUT2D eigenvalue weighted by Crippen LogP contribution is -2.12. The molecule has 0 fully saturated rings. The van der Waals surface area contributed by atoms with Crippen LogP contribution in [0.5, 0.6) is 0 Å². The molecule has 1 amide bonds. The van der Waals surface area contributed by atoms with Crippen molar-refractivity contribution >= 4 is 50.7 Å². The van der Waals surface area contributed by atoms with Gasteiger partial charge in [0.2, 0.25) is 0 Å². The van der Waals surface area contributed by atoms with Gasteiger partial charge >= 0.3 is 11.2 Å². The first-order valence-corrected chi connectivity index (χ1v) is 11.5. The number of alkyl halides is 3. The van der Waals surface area contributed by atoms with Crippen molar-refractivity contribution in [3.8, 4) is 17.1 Å². The Morgan fingerprint density at radius 1 is 1.03 bits per heavy atom. The minimum absolute atomic E-state index is 0.0640. The van der Waals surface area contributed by atoms with Gasteiger partial charge in [0, 0.05) is 16.7 Å². The van der Waals surface area contributed by atoms with Crippen LogP contribution >= 0.6 is 22.9 Å². The Labute approximate surface area is 214 Å². The molecule has 0 bridgehead atoms. The maximum absolute atomic E-state index is 13.0. The van der Waals surface area contributed by atoms with Crippen LogP contribution in [0.3, 0.4) is 0 Å². The number of carbonyl (C=O) groups excluding carboxylic acids is 1. The number of halogens is 4. The van der Waals surface area contributed by atoms with E-state index in [9.17, 15) is 28.1 Å². The molecule has 37 heavy (non-hydrogen) atoms. The van der Waals surface area contributed by atoms with Gasteiger partial charge in [-0.3, -0.25) is 14.9 Å². The first kappa shape index (κ1) is 24.3. The number of amides is 1. The Hall–Kier alpha value is -4.36. The first-order valence-electron chi connectivity index (χ1n) is 10.3. The van der Waals surface area contributed by atoms with Gasteiger partial charge in [0.15, 0.2) is 11.5 Å². The molecule has 0 spiro atoms. The molecule has 0 radical (unpaired) electrons. The molecule has 186 valence electrons. The maximum atomic E-state index is 13.0. The summed E-state index contributed by atoms with van der Waals surface area (Å²) >= 11 is 6.68. The van der Waals surface area contributed by atoms with Crippen LogP contribution in [0.1, 0.15) is 15.2 Å². The predicted octanol–water partition coefficient (Wildman–Crippen LogP) is 6.38. The summed E-state index contributed by atoms with van der Waals surface area (Å²) in [6.07, 6.45) is -3.13. The molecule has 0 saturated carbocycles. The Morgan fingerprint density at radius 2 is 1.73 bits per heavy atom. The van der Waals surface area contributed by atoms with Gasteiger partial charge < -0.3 is 5.32 Å². The highest BCUT2D eigenvalue weighted by atomic mass is 35.5. The van der Waals surface area contributed by atoms with E-state index < -0.39 is 22.6 Å². The zero-order valence-corrected chi connectivity index (χ0v) is 19.8. The summed E-state index contributed by atoms with van der Waals surface area (Å²) in [4.78, 5) is 32.3. The van der Waals surface area contributed by atoms with Crippen LogP contribution in [0.15, 0.2) is 66.9 Å². The van der Waals surface area contributed by atoms with Crippen molar-refractivity contribution in [1.82, 2.24) is 19.7 Å².